The normalized spacial score (nSPS) is 22.5. The highest BCUT2D eigenvalue weighted by Gasteiger charge is 2.27. The van der Waals surface area contributed by atoms with Crippen LogP contribution in [0.5, 0.6) is 0 Å². The lowest BCUT2D eigenvalue weighted by Crippen LogP contribution is -2.34. The second-order valence-corrected chi connectivity index (χ2v) is 6.33. The maximum atomic E-state index is 12.3. The van der Waals surface area contributed by atoms with E-state index in [0.29, 0.717) is 17.1 Å². The van der Waals surface area contributed by atoms with E-state index < -0.39 is 0 Å². The van der Waals surface area contributed by atoms with Gasteiger partial charge in [0.1, 0.15) is 0 Å². The van der Waals surface area contributed by atoms with Crippen LogP contribution in [0.15, 0.2) is 22.7 Å². The molecule has 0 aliphatic heterocycles. The van der Waals surface area contributed by atoms with Crippen LogP contribution in [-0.2, 0) is 0 Å². The maximum Gasteiger partial charge on any atom is 0.253 e. The molecule has 1 aromatic rings. The Labute approximate surface area is 126 Å². The molecule has 1 fully saturated rings. The van der Waals surface area contributed by atoms with Gasteiger partial charge in [-0.25, -0.2) is 0 Å². The minimum atomic E-state index is -0.274. The Balaban J connectivity index is 2.03. The molecule has 1 aliphatic rings. The number of nitrogens with zero attached hydrogens (tertiary/aromatic N) is 1. The van der Waals surface area contributed by atoms with Gasteiger partial charge in [-0.15, -0.1) is 0 Å². The zero-order valence-corrected chi connectivity index (χ0v) is 13.1. The van der Waals surface area contributed by atoms with Gasteiger partial charge in [0.15, 0.2) is 0 Å². The summed E-state index contributed by atoms with van der Waals surface area (Å²) in [6.07, 6.45) is 2.60. The van der Waals surface area contributed by atoms with Crippen LogP contribution in [-0.4, -0.2) is 35.6 Å². The van der Waals surface area contributed by atoms with Crippen molar-refractivity contribution in [3.63, 3.8) is 0 Å². The van der Waals surface area contributed by atoms with Crippen molar-refractivity contribution in [2.24, 2.45) is 5.92 Å². The molecule has 1 aromatic carbocycles. The molecule has 104 valence electrons. The Morgan fingerprint density at radius 2 is 2.26 bits per heavy atom. The topological polar surface area (TPSA) is 40.5 Å². The van der Waals surface area contributed by atoms with Crippen molar-refractivity contribution in [3.05, 3.63) is 33.3 Å². The van der Waals surface area contributed by atoms with Gasteiger partial charge in [-0.2, -0.15) is 0 Å². The van der Waals surface area contributed by atoms with Gasteiger partial charge in [-0.3, -0.25) is 4.79 Å². The van der Waals surface area contributed by atoms with Gasteiger partial charge in [0.25, 0.3) is 5.91 Å². The standard InChI is InChI=1S/C14H17BrClNO2/c1-17(8-10-3-2-4-13(10)18)14(19)9-5-6-11(15)12(16)7-9/h5-7,10,13,18H,2-4,8H2,1H3. The number of halogens is 2. The SMILES string of the molecule is CN(CC1CCCC1O)C(=O)c1ccc(Br)c(Cl)c1. The summed E-state index contributed by atoms with van der Waals surface area (Å²) in [7, 11) is 1.77. The largest absolute Gasteiger partial charge is 0.393 e. The van der Waals surface area contributed by atoms with Crippen molar-refractivity contribution >= 4 is 33.4 Å². The fourth-order valence-corrected chi connectivity index (χ4v) is 2.94. The van der Waals surface area contributed by atoms with Crippen LogP contribution in [0.25, 0.3) is 0 Å². The first-order valence-corrected chi connectivity index (χ1v) is 7.54. The maximum absolute atomic E-state index is 12.3. The summed E-state index contributed by atoms with van der Waals surface area (Å²) in [5.74, 6) is 0.133. The van der Waals surface area contributed by atoms with Crippen LogP contribution < -0.4 is 0 Å². The predicted octanol–water partition coefficient (Wildman–Crippen LogP) is 3.34. The predicted molar refractivity (Wildman–Crippen MR) is 79.5 cm³/mol. The molecule has 0 saturated heterocycles. The van der Waals surface area contributed by atoms with E-state index in [9.17, 15) is 9.90 Å². The van der Waals surface area contributed by atoms with Crippen LogP contribution in [0.3, 0.4) is 0 Å². The summed E-state index contributed by atoms with van der Waals surface area (Å²) in [6.45, 7) is 0.591. The van der Waals surface area contributed by atoms with Crippen molar-refractivity contribution in [1.29, 1.82) is 0 Å². The van der Waals surface area contributed by atoms with E-state index in [2.05, 4.69) is 15.9 Å². The van der Waals surface area contributed by atoms with Crippen LogP contribution in [0, 0.1) is 5.92 Å². The number of hydrogen-bond acceptors (Lipinski definition) is 2. The summed E-state index contributed by atoms with van der Waals surface area (Å²) in [5, 5.41) is 10.3. The molecule has 3 nitrogen and oxygen atoms in total. The molecule has 0 bridgehead atoms. The van der Waals surface area contributed by atoms with E-state index in [4.69, 9.17) is 11.6 Å². The number of rotatable bonds is 3. The zero-order chi connectivity index (χ0) is 14.0. The molecule has 2 atom stereocenters. The number of aliphatic hydroxyl groups excluding tert-OH is 1. The molecular weight excluding hydrogens is 330 g/mol. The highest BCUT2D eigenvalue weighted by molar-refractivity contribution is 9.10. The van der Waals surface area contributed by atoms with E-state index in [0.717, 1.165) is 23.7 Å². The Hall–Kier alpha value is -0.580. The molecule has 0 spiro atoms. The van der Waals surface area contributed by atoms with Crippen LogP contribution in [0.2, 0.25) is 5.02 Å². The third kappa shape index (κ3) is 3.50. The van der Waals surface area contributed by atoms with E-state index in [1.165, 1.54) is 0 Å². The molecule has 1 saturated carbocycles. The summed E-state index contributed by atoms with van der Waals surface area (Å²) in [6, 6.07) is 5.18. The van der Waals surface area contributed by atoms with Crippen molar-refractivity contribution < 1.29 is 9.90 Å². The first-order valence-electron chi connectivity index (χ1n) is 6.37. The molecule has 0 aromatic heterocycles. The van der Waals surface area contributed by atoms with Crippen LogP contribution >= 0.6 is 27.5 Å². The van der Waals surface area contributed by atoms with E-state index in [1.54, 1.807) is 30.1 Å². The first kappa shape index (κ1) is 14.8. The molecule has 19 heavy (non-hydrogen) atoms. The lowest BCUT2D eigenvalue weighted by Gasteiger charge is -2.23. The Morgan fingerprint density at radius 1 is 1.53 bits per heavy atom. The monoisotopic (exact) mass is 345 g/mol. The van der Waals surface area contributed by atoms with Gasteiger partial charge in [0, 0.05) is 29.5 Å². The number of hydrogen-bond donors (Lipinski definition) is 1. The van der Waals surface area contributed by atoms with Crippen LogP contribution in [0.4, 0.5) is 0 Å². The van der Waals surface area contributed by atoms with Gasteiger partial charge in [-0.1, -0.05) is 18.0 Å². The fourth-order valence-electron chi connectivity index (χ4n) is 2.51. The van der Waals surface area contributed by atoms with Crippen molar-refractivity contribution in [3.8, 4) is 0 Å². The van der Waals surface area contributed by atoms with Crippen molar-refractivity contribution in [2.75, 3.05) is 13.6 Å². The van der Waals surface area contributed by atoms with Gasteiger partial charge < -0.3 is 10.0 Å². The summed E-state index contributed by atoms with van der Waals surface area (Å²) < 4.78 is 0.777. The Morgan fingerprint density at radius 3 is 2.84 bits per heavy atom. The highest BCUT2D eigenvalue weighted by Crippen LogP contribution is 2.27. The van der Waals surface area contributed by atoms with Crippen LogP contribution in [0.1, 0.15) is 29.6 Å². The van der Waals surface area contributed by atoms with Gasteiger partial charge in [-0.05, 0) is 47.0 Å². The lowest BCUT2D eigenvalue weighted by atomic mass is 10.1. The van der Waals surface area contributed by atoms with Crippen molar-refractivity contribution in [1.82, 2.24) is 4.90 Å². The molecule has 2 rings (SSSR count). The Bertz CT molecular complexity index is 481. The second kappa shape index (κ2) is 6.25. The summed E-state index contributed by atoms with van der Waals surface area (Å²) >= 11 is 9.30. The summed E-state index contributed by atoms with van der Waals surface area (Å²) in [5.41, 5.74) is 0.572. The number of benzene rings is 1. The number of carbonyl (C=O) groups is 1. The van der Waals surface area contributed by atoms with Crippen molar-refractivity contribution in [2.45, 2.75) is 25.4 Å². The third-order valence-corrected chi connectivity index (χ3v) is 4.87. The molecule has 1 aliphatic carbocycles. The molecule has 1 amide bonds. The number of aliphatic hydroxyl groups is 1. The minimum absolute atomic E-state index is 0.0616. The molecule has 1 N–H and O–H groups in total. The van der Waals surface area contributed by atoms with Gasteiger partial charge in [0.2, 0.25) is 0 Å². The highest BCUT2D eigenvalue weighted by atomic mass is 79.9. The number of carbonyl (C=O) groups excluding carboxylic acids is 1. The second-order valence-electron chi connectivity index (χ2n) is 5.07. The minimum Gasteiger partial charge on any atom is -0.393 e. The molecule has 0 heterocycles. The quantitative estimate of drug-likeness (QED) is 0.912. The number of amides is 1. The average Bonchev–Trinajstić information content (AvgIpc) is 2.77. The molecular formula is C14H17BrClNO2. The smallest absolute Gasteiger partial charge is 0.253 e. The van der Waals surface area contributed by atoms with E-state index >= 15 is 0 Å². The molecule has 0 radical (unpaired) electrons. The van der Waals surface area contributed by atoms with Gasteiger partial charge in [0.05, 0.1) is 11.1 Å². The average molecular weight is 347 g/mol. The van der Waals surface area contributed by atoms with E-state index in [-0.39, 0.29) is 17.9 Å². The van der Waals surface area contributed by atoms with E-state index in [1.807, 2.05) is 0 Å². The third-order valence-electron chi connectivity index (χ3n) is 3.64. The van der Waals surface area contributed by atoms with Gasteiger partial charge >= 0.3 is 0 Å². The Kier molecular flexibility index (Phi) is 4.87. The zero-order valence-electron chi connectivity index (χ0n) is 10.8. The fraction of sp³-hybridized carbons (Fsp3) is 0.500. The molecule has 5 heteroatoms. The lowest BCUT2D eigenvalue weighted by molar-refractivity contribution is 0.0693. The summed E-state index contributed by atoms with van der Waals surface area (Å²) in [4.78, 5) is 13.9. The molecule has 2 unspecified atom stereocenters. The first-order chi connectivity index (χ1) is 8.99.